The second-order valence-electron chi connectivity index (χ2n) is 16.2. The van der Waals surface area contributed by atoms with Gasteiger partial charge in [-0.25, -0.2) is 9.97 Å². The molecule has 0 saturated carbocycles. The molecule has 0 saturated heterocycles. The Morgan fingerprint density at radius 2 is 1.51 bits per heavy atom. The molecule has 0 aliphatic heterocycles. The number of para-hydroxylation sites is 2. The summed E-state index contributed by atoms with van der Waals surface area (Å²) < 4.78 is 113. The predicted molar refractivity (Wildman–Crippen MR) is 281 cm³/mol. The van der Waals surface area contributed by atoms with Gasteiger partial charge in [0.1, 0.15) is 50.6 Å². The van der Waals surface area contributed by atoms with Gasteiger partial charge in [0.05, 0.1) is 57.8 Å². The SMILES string of the molecule is CCCOc1cc2cccc(S(=O)(=O)O)c2c2sc(N=Nc3cc(SCCCS(=O)(=O)O)c(N=Nc4cc(OCCCS(=O)(=O)O)c(N=Nc5c(C)c(C#N)c6nc7ccccc7n6c5O)cc4CO)cc3Cl)nc12. The molecule has 23 nitrogen and oxygen atoms in total. The first-order valence-electron chi connectivity index (χ1n) is 22.2. The molecule has 8 aromatic rings. The van der Waals surface area contributed by atoms with Gasteiger partial charge in [0, 0.05) is 27.5 Å². The minimum Gasteiger partial charge on any atom is -0.493 e. The lowest BCUT2D eigenvalue weighted by atomic mass is 10.1. The number of benzene rings is 5. The third-order valence-corrected chi connectivity index (χ3v) is 15.8. The van der Waals surface area contributed by atoms with Gasteiger partial charge in [-0.1, -0.05) is 54.1 Å². The van der Waals surface area contributed by atoms with Crippen LogP contribution in [0, 0.1) is 18.3 Å². The summed E-state index contributed by atoms with van der Waals surface area (Å²) >= 11 is 8.87. The quantitative estimate of drug-likeness (QED) is 0.0193. The monoisotopic (exact) mass is 1140 g/mol. The number of thiazole rings is 1. The number of thioether (sulfide) groups is 1. The van der Waals surface area contributed by atoms with Crippen molar-refractivity contribution in [2.45, 2.75) is 49.5 Å². The smallest absolute Gasteiger partial charge is 0.295 e. The van der Waals surface area contributed by atoms with E-state index >= 15 is 0 Å². The number of hydrogen-bond acceptors (Lipinski definition) is 21. The van der Waals surface area contributed by atoms with Crippen LogP contribution in [0.25, 0.3) is 37.7 Å². The normalized spacial score (nSPS) is 12.7. The van der Waals surface area contributed by atoms with Crippen molar-refractivity contribution in [2.24, 2.45) is 30.7 Å². The molecular weight excluding hydrogens is 1100 g/mol. The van der Waals surface area contributed by atoms with Gasteiger partial charge in [-0.3, -0.25) is 18.1 Å². The molecule has 0 bridgehead atoms. The average molecular weight is 1140 g/mol. The van der Waals surface area contributed by atoms with Crippen molar-refractivity contribution in [3.05, 3.63) is 94.5 Å². The topological polar surface area (TPSA) is 350 Å². The molecule has 0 fully saturated rings. The zero-order valence-electron chi connectivity index (χ0n) is 39.2. The van der Waals surface area contributed by atoms with Crippen molar-refractivity contribution in [1.29, 1.82) is 5.26 Å². The Balaban J connectivity index is 1.18. The summed E-state index contributed by atoms with van der Waals surface area (Å²) in [5.41, 5.74) is 2.07. The molecular formula is C46H41ClN10O13S5. The Hall–Kier alpha value is -6.78. The molecule has 0 amide bonds. The number of ether oxygens (including phenoxy) is 2. The van der Waals surface area contributed by atoms with E-state index in [4.69, 9.17) is 21.1 Å². The number of aliphatic hydroxyl groups excluding tert-OH is 1. The number of rotatable bonds is 21. The van der Waals surface area contributed by atoms with Crippen molar-refractivity contribution in [2.75, 3.05) is 30.5 Å². The molecule has 0 atom stereocenters. The van der Waals surface area contributed by atoms with Gasteiger partial charge in [0.25, 0.3) is 30.4 Å². The molecule has 0 aliphatic carbocycles. The van der Waals surface area contributed by atoms with Gasteiger partial charge in [-0.05, 0) is 79.8 Å². The van der Waals surface area contributed by atoms with Crippen molar-refractivity contribution in [3.63, 3.8) is 0 Å². The number of aromatic hydroxyl groups is 1. The number of hydrogen-bond donors (Lipinski definition) is 5. The number of azo groups is 3. The molecule has 0 unspecified atom stereocenters. The summed E-state index contributed by atoms with van der Waals surface area (Å²) in [5.74, 6) is -1.13. The van der Waals surface area contributed by atoms with E-state index in [9.17, 15) is 54.4 Å². The van der Waals surface area contributed by atoms with E-state index in [2.05, 4.69) is 46.7 Å². The fraction of sp³-hybridized carbons (Fsp3) is 0.239. The summed E-state index contributed by atoms with van der Waals surface area (Å²) in [5, 5.41) is 59.1. The van der Waals surface area contributed by atoms with E-state index < -0.39 is 48.5 Å². The first kappa shape index (κ1) is 54.5. The van der Waals surface area contributed by atoms with E-state index in [-0.39, 0.29) is 114 Å². The second kappa shape index (κ2) is 22.6. The van der Waals surface area contributed by atoms with E-state index in [1.165, 1.54) is 40.8 Å². The zero-order valence-corrected chi connectivity index (χ0v) is 44.0. The highest BCUT2D eigenvalue weighted by Gasteiger charge is 2.24. The summed E-state index contributed by atoms with van der Waals surface area (Å²) in [4.78, 5) is 9.11. The summed E-state index contributed by atoms with van der Waals surface area (Å²) in [7, 11) is -13.3. The van der Waals surface area contributed by atoms with Crippen LogP contribution < -0.4 is 9.47 Å². The number of aromatic nitrogens is 3. The lowest BCUT2D eigenvalue weighted by Gasteiger charge is -2.12. The minimum atomic E-state index is -4.67. The number of halogens is 1. The Morgan fingerprint density at radius 1 is 0.800 bits per heavy atom. The van der Waals surface area contributed by atoms with E-state index in [0.29, 0.717) is 44.8 Å². The summed E-state index contributed by atoms with van der Waals surface area (Å²) in [6.07, 6.45) is 0.509. The number of pyridine rings is 1. The Bertz CT molecular complexity index is 4050. The Kier molecular flexibility index (Phi) is 16.4. The minimum absolute atomic E-state index is 0.00292. The van der Waals surface area contributed by atoms with Crippen molar-refractivity contribution >= 4 is 136 Å². The molecule has 3 aromatic heterocycles. The van der Waals surface area contributed by atoms with Gasteiger partial charge in [0.2, 0.25) is 11.0 Å². The van der Waals surface area contributed by atoms with E-state index in [1.54, 1.807) is 43.3 Å². The van der Waals surface area contributed by atoms with Crippen LogP contribution in [0.2, 0.25) is 5.02 Å². The molecule has 0 radical (unpaired) electrons. The van der Waals surface area contributed by atoms with Gasteiger partial charge >= 0.3 is 0 Å². The van der Waals surface area contributed by atoms with Crippen molar-refractivity contribution < 1.29 is 58.6 Å². The van der Waals surface area contributed by atoms with Crippen LogP contribution in [0.15, 0.2) is 113 Å². The second-order valence-corrected chi connectivity index (χ2v) is 23.3. The number of aliphatic hydroxyl groups is 1. The van der Waals surface area contributed by atoms with Gasteiger partial charge in [-0.2, -0.15) is 35.6 Å². The van der Waals surface area contributed by atoms with Crippen LogP contribution in [0.4, 0.5) is 33.6 Å². The number of imidazole rings is 1. The first-order valence-corrected chi connectivity index (χ1v) is 29.0. The average Bonchev–Trinajstić information content (AvgIpc) is 3.97. The molecule has 390 valence electrons. The Morgan fingerprint density at radius 3 is 2.23 bits per heavy atom. The molecule has 29 heteroatoms. The third-order valence-electron chi connectivity index (χ3n) is 10.9. The van der Waals surface area contributed by atoms with Crippen LogP contribution in [-0.4, -0.2) is 94.0 Å². The van der Waals surface area contributed by atoms with E-state index in [1.807, 2.05) is 6.92 Å². The van der Waals surface area contributed by atoms with E-state index in [0.717, 1.165) is 23.1 Å². The maximum atomic E-state index is 12.5. The first-order chi connectivity index (χ1) is 35.7. The fourth-order valence-corrected chi connectivity index (χ4v) is 11.6. The van der Waals surface area contributed by atoms with Crippen LogP contribution in [-0.2, 0) is 37.0 Å². The van der Waals surface area contributed by atoms with Crippen molar-refractivity contribution in [3.8, 4) is 23.4 Å². The molecule has 8 rings (SSSR count). The standard InChI is InChI=1S/C46H41ClN10O13S5/c1-3-13-69-37-19-26-9-6-12-39(75(66,67)68)40(26)43-42(37)50-46(72-43)56-52-32-22-38(71-15-8-17-74(63,64)65)34(20-29(32)47)54-51-31-21-36(70-14-7-16-73(60,61)62)33(18-27(31)24-58)53-55-41-25(2)28(23-48)44-49-30-10-4-5-11-35(30)57(44)45(41)59/h4-6,9-12,18-22,58-59H,3,7-8,13-17,24H2,1-2H3,(H,60,61,62)(H,63,64,65)(H,66,67,68). The predicted octanol–water partition coefficient (Wildman–Crippen LogP) is 11.6. The summed E-state index contributed by atoms with van der Waals surface area (Å²) in [6.45, 7) is 2.88. The van der Waals surface area contributed by atoms with Gasteiger partial charge in [-0.15, -0.1) is 37.3 Å². The Labute approximate surface area is 440 Å². The molecule has 3 heterocycles. The maximum absolute atomic E-state index is 12.5. The largest absolute Gasteiger partial charge is 0.493 e. The number of fused-ring (bicyclic) bond motifs is 6. The van der Waals surface area contributed by atoms with Crippen molar-refractivity contribution in [1.82, 2.24) is 14.4 Å². The van der Waals surface area contributed by atoms with Crippen LogP contribution in [0.1, 0.15) is 42.9 Å². The molecule has 5 N–H and O–H groups in total. The van der Waals surface area contributed by atoms with Crippen LogP contribution >= 0.6 is 34.7 Å². The van der Waals surface area contributed by atoms with Crippen LogP contribution in [0.5, 0.6) is 17.4 Å². The molecule has 75 heavy (non-hydrogen) atoms. The molecule has 0 aliphatic rings. The van der Waals surface area contributed by atoms with Gasteiger partial charge < -0.3 is 19.7 Å². The van der Waals surface area contributed by atoms with Gasteiger partial charge in [0.15, 0.2) is 11.3 Å². The fourth-order valence-electron chi connectivity index (χ4n) is 7.54. The summed E-state index contributed by atoms with van der Waals surface area (Å²) in [6, 6.07) is 20.6. The highest BCUT2D eigenvalue weighted by atomic mass is 35.5. The third kappa shape index (κ3) is 12.5. The number of nitriles is 1. The highest BCUT2D eigenvalue weighted by molar-refractivity contribution is 7.99. The number of nitrogens with zero attached hydrogens (tertiary/aromatic N) is 10. The molecule has 5 aromatic carbocycles. The zero-order chi connectivity index (χ0) is 53.8. The molecule has 0 spiro atoms. The lowest BCUT2D eigenvalue weighted by Crippen LogP contribution is -2.08. The maximum Gasteiger partial charge on any atom is 0.295 e. The van der Waals surface area contributed by atoms with Crippen LogP contribution in [0.3, 0.4) is 0 Å². The lowest BCUT2D eigenvalue weighted by molar-refractivity contribution is 0.281. The highest BCUT2D eigenvalue weighted by Crippen LogP contribution is 2.46.